The van der Waals surface area contributed by atoms with E-state index in [0.29, 0.717) is 22.6 Å². The molecule has 3 rings (SSSR count). The van der Waals surface area contributed by atoms with Gasteiger partial charge in [-0.25, -0.2) is 0 Å². The van der Waals surface area contributed by atoms with Crippen molar-refractivity contribution in [2.45, 2.75) is 38.1 Å². The van der Waals surface area contributed by atoms with Gasteiger partial charge in [0.1, 0.15) is 11.4 Å². The van der Waals surface area contributed by atoms with Crippen LogP contribution in [0.3, 0.4) is 0 Å². The number of rotatable bonds is 5. The average molecular weight is 391 g/mol. The first-order valence-corrected chi connectivity index (χ1v) is 9.30. The number of nitrogens with one attached hydrogen (secondary N) is 2. The van der Waals surface area contributed by atoms with Crippen molar-refractivity contribution in [2.24, 2.45) is 11.7 Å². The summed E-state index contributed by atoms with van der Waals surface area (Å²) in [6.45, 7) is 0.466. The molecule has 1 fully saturated rings. The van der Waals surface area contributed by atoms with Gasteiger partial charge < -0.3 is 11.1 Å². The maximum absolute atomic E-state index is 12.7. The second-order valence-corrected chi connectivity index (χ2v) is 7.13. The van der Waals surface area contributed by atoms with E-state index >= 15 is 0 Å². The summed E-state index contributed by atoms with van der Waals surface area (Å²) in [5, 5.41) is 10.2. The van der Waals surface area contributed by atoms with Crippen molar-refractivity contribution in [1.29, 1.82) is 0 Å². The Morgan fingerprint density at radius 3 is 2.67 bits per heavy atom. The van der Waals surface area contributed by atoms with Crippen LogP contribution in [0.25, 0.3) is 11.3 Å². The van der Waals surface area contributed by atoms with Crippen LogP contribution in [0, 0.1) is 5.92 Å². The van der Waals surface area contributed by atoms with Crippen LogP contribution in [0.5, 0.6) is 0 Å². The number of H-pyrrole nitrogens is 1. The number of benzene rings is 1. The molecule has 1 aliphatic carbocycles. The van der Waals surface area contributed by atoms with Crippen LogP contribution in [0.15, 0.2) is 34.8 Å². The molecule has 0 saturated heterocycles. The number of hydrogen-bond acceptors (Lipinski definition) is 3. The molecule has 1 unspecified atom stereocenters. The van der Waals surface area contributed by atoms with Gasteiger partial charge in [0.25, 0.3) is 5.91 Å². The molecular weight excluding hydrogens is 368 g/mol. The molecule has 24 heavy (non-hydrogen) atoms. The van der Waals surface area contributed by atoms with E-state index in [4.69, 9.17) is 5.73 Å². The molecule has 4 N–H and O–H groups in total. The van der Waals surface area contributed by atoms with Crippen LogP contribution in [-0.4, -0.2) is 28.7 Å². The van der Waals surface area contributed by atoms with Gasteiger partial charge in [-0.2, -0.15) is 5.10 Å². The van der Waals surface area contributed by atoms with Gasteiger partial charge in [0.15, 0.2) is 0 Å². The zero-order valence-electron chi connectivity index (χ0n) is 13.6. The highest BCUT2D eigenvalue weighted by Crippen LogP contribution is 2.29. The minimum absolute atomic E-state index is 0.0215. The van der Waals surface area contributed by atoms with E-state index in [-0.39, 0.29) is 11.9 Å². The summed E-state index contributed by atoms with van der Waals surface area (Å²) < 4.78 is 0.686. The molecule has 0 radical (unpaired) electrons. The van der Waals surface area contributed by atoms with Crippen LogP contribution in [-0.2, 0) is 0 Å². The average Bonchev–Trinajstić information content (AvgIpc) is 3.02. The molecule has 0 spiro atoms. The lowest BCUT2D eigenvalue weighted by atomic mass is 9.84. The Morgan fingerprint density at radius 1 is 1.29 bits per heavy atom. The predicted octanol–water partition coefficient (Wildman–Crippen LogP) is 3.48. The first kappa shape index (κ1) is 17.2. The number of nitrogens with zero attached hydrogens (tertiary/aromatic N) is 1. The monoisotopic (exact) mass is 390 g/mol. The molecule has 1 aromatic carbocycles. The fourth-order valence-electron chi connectivity index (χ4n) is 3.41. The maximum atomic E-state index is 12.7. The summed E-state index contributed by atoms with van der Waals surface area (Å²) in [7, 11) is 0. The summed E-state index contributed by atoms with van der Waals surface area (Å²) in [5.74, 6) is 0.320. The number of aromatic nitrogens is 2. The highest BCUT2D eigenvalue weighted by Gasteiger charge is 2.26. The van der Waals surface area contributed by atoms with E-state index < -0.39 is 0 Å². The molecule has 0 aliphatic heterocycles. The number of amides is 1. The maximum Gasteiger partial charge on any atom is 0.270 e. The molecule has 128 valence electrons. The minimum Gasteiger partial charge on any atom is -0.346 e. The van der Waals surface area contributed by atoms with Crippen molar-refractivity contribution in [1.82, 2.24) is 15.5 Å². The summed E-state index contributed by atoms with van der Waals surface area (Å²) >= 11 is 3.51. The molecule has 2 aromatic rings. The normalized spacial score (nSPS) is 16.8. The van der Waals surface area contributed by atoms with E-state index in [1.54, 1.807) is 0 Å². The molecular formula is C18H23BrN4O. The van der Waals surface area contributed by atoms with Crippen LogP contribution in [0.2, 0.25) is 0 Å². The Labute approximate surface area is 150 Å². The van der Waals surface area contributed by atoms with Crippen molar-refractivity contribution in [3.05, 3.63) is 40.5 Å². The topological polar surface area (TPSA) is 83.8 Å². The highest BCUT2D eigenvalue weighted by atomic mass is 79.9. The van der Waals surface area contributed by atoms with Crippen LogP contribution < -0.4 is 11.1 Å². The second-order valence-electron chi connectivity index (χ2n) is 6.34. The standard InChI is InChI=1S/C18H23BrN4O/c19-15-16(13-9-5-2-6-10-13)22-23-17(15)18(24)21-14(11-20)12-7-3-1-4-8-12/h2,5-6,9-10,12,14H,1,3-4,7-8,11,20H2,(H,21,24)(H,22,23). The second kappa shape index (κ2) is 7.94. The third-order valence-corrected chi connectivity index (χ3v) is 5.54. The lowest BCUT2D eigenvalue weighted by Crippen LogP contribution is -2.46. The van der Waals surface area contributed by atoms with Gasteiger partial charge in [-0.3, -0.25) is 9.89 Å². The molecule has 1 aromatic heterocycles. The molecule has 1 aliphatic rings. The number of hydrogen-bond donors (Lipinski definition) is 3. The largest absolute Gasteiger partial charge is 0.346 e. The number of carbonyl (C=O) groups is 1. The van der Waals surface area contributed by atoms with Gasteiger partial charge in [-0.15, -0.1) is 0 Å². The van der Waals surface area contributed by atoms with Gasteiger partial charge in [0.05, 0.1) is 4.47 Å². The van der Waals surface area contributed by atoms with Crippen molar-refractivity contribution < 1.29 is 4.79 Å². The Hall–Kier alpha value is -1.66. The Kier molecular flexibility index (Phi) is 5.68. The number of halogens is 1. The Morgan fingerprint density at radius 2 is 2.00 bits per heavy atom. The van der Waals surface area contributed by atoms with Gasteiger partial charge in [0.2, 0.25) is 0 Å². The predicted molar refractivity (Wildman–Crippen MR) is 98.6 cm³/mol. The zero-order valence-corrected chi connectivity index (χ0v) is 15.2. The summed E-state index contributed by atoms with van der Waals surface area (Å²) in [4.78, 5) is 12.7. The van der Waals surface area contributed by atoms with Crippen LogP contribution in [0.4, 0.5) is 0 Å². The molecule has 5 nitrogen and oxygen atoms in total. The quantitative estimate of drug-likeness (QED) is 0.730. The number of nitrogens with two attached hydrogens (primary N) is 1. The zero-order chi connectivity index (χ0) is 16.9. The van der Waals surface area contributed by atoms with E-state index in [1.807, 2.05) is 30.3 Å². The van der Waals surface area contributed by atoms with E-state index in [9.17, 15) is 4.79 Å². The lowest BCUT2D eigenvalue weighted by Gasteiger charge is -2.29. The van der Waals surface area contributed by atoms with Crippen molar-refractivity contribution in [2.75, 3.05) is 6.54 Å². The highest BCUT2D eigenvalue weighted by molar-refractivity contribution is 9.10. The van der Waals surface area contributed by atoms with E-state index in [0.717, 1.165) is 24.1 Å². The minimum atomic E-state index is -0.155. The van der Waals surface area contributed by atoms with E-state index in [2.05, 4.69) is 31.4 Å². The summed E-state index contributed by atoms with van der Waals surface area (Å²) in [5.41, 5.74) is 8.06. The van der Waals surface area contributed by atoms with Crippen molar-refractivity contribution >= 4 is 21.8 Å². The lowest BCUT2D eigenvalue weighted by molar-refractivity contribution is 0.0909. The van der Waals surface area contributed by atoms with Crippen LogP contribution in [0.1, 0.15) is 42.6 Å². The molecule has 0 bridgehead atoms. The van der Waals surface area contributed by atoms with Gasteiger partial charge in [-0.05, 0) is 34.7 Å². The first-order valence-electron chi connectivity index (χ1n) is 8.51. The van der Waals surface area contributed by atoms with Gasteiger partial charge in [-0.1, -0.05) is 49.6 Å². The molecule has 1 saturated carbocycles. The van der Waals surface area contributed by atoms with Crippen molar-refractivity contribution in [3.8, 4) is 11.3 Å². The van der Waals surface area contributed by atoms with E-state index in [1.165, 1.54) is 19.3 Å². The number of carbonyl (C=O) groups excluding carboxylic acids is 1. The van der Waals surface area contributed by atoms with Gasteiger partial charge >= 0.3 is 0 Å². The summed E-state index contributed by atoms with van der Waals surface area (Å²) in [6, 6.07) is 9.80. The number of aromatic amines is 1. The van der Waals surface area contributed by atoms with Gasteiger partial charge in [0, 0.05) is 18.2 Å². The Balaban J connectivity index is 1.74. The fraction of sp³-hybridized carbons (Fsp3) is 0.444. The first-order chi connectivity index (χ1) is 11.7. The van der Waals surface area contributed by atoms with Crippen molar-refractivity contribution in [3.63, 3.8) is 0 Å². The molecule has 1 amide bonds. The third kappa shape index (κ3) is 3.70. The Bertz CT molecular complexity index is 680. The molecule has 1 atom stereocenters. The fourth-order valence-corrected chi connectivity index (χ4v) is 4.00. The SMILES string of the molecule is NCC(NC(=O)c1[nH]nc(-c2ccccc2)c1Br)C1CCCCC1. The molecule has 6 heteroatoms. The van der Waals surface area contributed by atoms with Crippen LogP contribution >= 0.6 is 15.9 Å². The summed E-state index contributed by atoms with van der Waals surface area (Å²) in [6.07, 6.45) is 6.02. The molecule has 1 heterocycles. The smallest absolute Gasteiger partial charge is 0.270 e. The third-order valence-electron chi connectivity index (χ3n) is 4.77.